The van der Waals surface area contributed by atoms with E-state index in [1.165, 1.54) is 0 Å². The first kappa shape index (κ1) is 14.7. The molecule has 4 rings (SSSR count). The Balaban J connectivity index is 1.59. The average molecular weight is 333 g/mol. The number of amides is 1. The maximum absolute atomic E-state index is 12.2. The molecular formula is C16H17ClN4O2. The Hall–Kier alpha value is -1.92. The first-order chi connectivity index (χ1) is 11.2. The highest BCUT2D eigenvalue weighted by Gasteiger charge is 2.32. The second kappa shape index (κ2) is 5.94. The standard InChI is InChI=1S/C16H17ClN4O2/c17-10-1-4-13-12(7-10)15(19-9-18-13)21-5-6-23-14(8-21)16(22)20-11-2-3-11/h1,4,7,9,11,14H,2-3,5-6,8H2,(H,20,22). The lowest BCUT2D eigenvalue weighted by Gasteiger charge is -2.33. The quantitative estimate of drug-likeness (QED) is 0.927. The Labute approximate surface area is 138 Å². The fraction of sp³-hybridized carbons (Fsp3) is 0.438. The molecule has 120 valence electrons. The smallest absolute Gasteiger partial charge is 0.251 e. The molecule has 2 heterocycles. The molecule has 1 amide bonds. The molecule has 1 aliphatic carbocycles. The SMILES string of the molecule is O=C(NC1CC1)C1CN(c2ncnc3ccc(Cl)cc23)CCO1. The number of carbonyl (C=O) groups excluding carboxylic acids is 1. The maximum atomic E-state index is 12.2. The molecule has 2 aromatic rings. The normalized spacial score (nSPS) is 21.4. The van der Waals surface area contributed by atoms with E-state index in [1.54, 1.807) is 6.33 Å². The highest BCUT2D eigenvalue weighted by Crippen LogP contribution is 2.27. The summed E-state index contributed by atoms with van der Waals surface area (Å²) in [5.41, 5.74) is 0.838. The number of nitrogens with zero attached hydrogens (tertiary/aromatic N) is 3. The summed E-state index contributed by atoms with van der Waals surface area (Å²) in [6, 6.07) is 5.88. The van der Waals surface area contributed by atoms with E-state index in [0.29, 0.717) is 30.8 Å². The number of morpholine rings is 1. The monoisotopic (exact) mass is 332 g/mol. The first-order valence-corrected chi connectivity index (χ1v) is 8.16. The molecule has 7 heteroatoms. The van der Waals surface area contributed by atoms with E-state index in [1.807, 2.05) is 18.2 Å². The topological polar surface area (TPSA) is 67.4 Å². The van der Waals surface area contributed by atoms with Crippen molar-refractivity contribution in [1.29, 1.82) is 0 Å². The maximum Gasteiger partial charge on any atom is 0.251 e. The molecule has 1 saturated carbocycles. The lowest BCUT2D eigenvalue weighted by Crippen LogP contribution is -2.50. The molecule has 23 heavy (non-hydrogen) atoms. The number of aromatic nitrogens is 2. The number of carbonyl (C=O) groups is 1. The summed E-state index contributed by atoms with van der Waals surface area (Å²) in [4.78, 5) is 23.0. The third-order valence-corrected chi connectivity index (χ3v) is 4.39. The summed E-state index contributed by atoms with van der Waals surface area (Å²) in [6.45, 7) is 1.66. The number of nitrogens with one attached hydrogen (secondary N) is 1. The predicted octanol–water partition coefficient (Wildman–Crippen LogP) is 1.77. The molecule has 0 bridgehead atoms. The summed E-state index contributed by atoms with van der Waals surface area (Å²) in [6.07, 6.45) is 3.21. The second-order valence-corrected chi connectivity index (χ2v) is 6.38. The molecule has 2 fully saturated rings. The van der Waals surface area contributed by atoms with Gasteiger partial charge in [0.05, 0.1) is 18.7 Å². The van der Waals surface area contributed by atoms with Crippen LogP contribution in [0, 0.1) is 0 Å². The van der Waals surface area contributed by atoms with E-state index in [4.69, 9.17) is 16.3 Å². The van der Waals surface area contributed by atoms with E-state index in [-0.39, 0.29) is 5.91 Å². The van der Waals surface area contributed by atoms with Crippen molar-refractivity contribution >= 4 is 34.2 Å². The predicted molar refractivity (Wildman–Crippen MR) is 87.7 cm³/mol. The van der Waals surface area contributed by atoms with Crippen LogP contribution in [0.4, 0.5) is 5.82 Å². The number of hydrogen-bond acceptors (Lipinski definition) is 5. The number of benzene rings is 1. The Morgan fingerprint density at radius 2 is 2.22 bits per heavy atom. The largest absolute Gasteiger partial charge is 0.365 e. The van der Waals surface area contributed by atoms with Crippen LogP contribution in [0.25, 0.3) is 10.9 Å². The third-order valence-electron chi connectivity index (χ3n) is 4.16. The van der Waals surface area contributed by atoms with Crippen molar-refractivity contribution < 1.29 is 9.53 Å². The minimum Gasteiger partial charge on any atom is -0.365 e. The van der Waals surface area contributed by atoms with Crippen LogP contribution < -0.4 is 10.2 Å². The number of rotatable bonds is 3. The molecule has 0 radical (unpaired) electrons. The van der Waals surface area contributed by atoms with Crippen molar-refractivity contribution in [2.24, 2.45) is 0 Å². The highest BCUT2D eigenvalue weighted by atomic mass is 35.5. The second-order valence-electron chi connectivity index (χ2n) is 5.95. The fourth-order valence-corrected chi connectivity index (χ4v) is 2.96. The van der Waals surface area contributed by atoms with Crippen molar-refractivity contribution in [3.8, 4) is 0 Å². The average Bonchev–Trinajstić information content (AvgIpc) is 3.38. The van der Waals surface area contributed by atoms with Gasteiger partial charge in [0.15, 0.2) is 6.10 Å². The van der Waals surface area contributed by atoms with Crippen molar-refractivity contribution in [2.45, 2.75) is 25.0 Å². The Bertz CT molecular complexity index is 750. The van der Waals surface area contributed by atoms with Gasteiger partial charge in [0, 0.05) is 23.0 Å². The van der Waals surface area contributed by atoms with E-state index >= 15 is 0 Å². The zero-order valence-corrected chi connectivity index (χ0v) is 13.3. The molecule has 1 aromatic carbocycles. The van der Waals surface area contributed by atoms with Gasteiger partial charge < -0.3 is 15.0 Å². The Morgan fingerprint density at radius 3 is 3.04 bits per heavy atom. The van der Waals surface area contributed by atoms with Crippen molar-refractivity contribution in [2.75, 3.05) is 24.6 Å². The molecule has 1 saturated heterocycles. The Morgan fingerprint density at radius 1 is 1.35 bits per heavy atom. The van der Waals surface area contributed by atoms with E-state index in [0.717, 1.165) is 29.6 Å². The first-order valence-electron chi connectivity index (χ1n) is 7.78. The van der Waals surface area contributed by atoms with Gasteiger partial charge in [-0.25, -0.2) is 9.97 Å². The summed E-state index contributed by atoms with van der Waals surface area (Å²) in [5, 5.41) is 4.53. The summed E-state index contributed by atoms with van der Waals surface area (Å²) in [5.74, 6) is 0.763. The van der Waals surface area contributed by atoms with Gasteiger partial charge in [-0.3, -0.25) is 4.79 Å². The highest BCUT2D eigenvalue weighted by molar-refractivity contribution is 6.31. The van der Waals surface area contributed by atoms with Crippen LogP contribution in [0.3, 0.4) is 0 Å². The van der Waals surface area contributed by atoms with E-state index in [9.17, 15) is 4.79 Å². The summed E-state index contributed by atoms with van der Waals surface area (Å²) < 4.78 is 5.63. The van der Waals surface area contributed by atoms with Gasteiger partial charge >= 0.3 is 0 Å². The molecule has 1 unspecified atom stereocenters. The fourth-order valence-electron chi connectivity index (χ4n) is 2.79. The number of halogens is 1. The molecule has 1 atom stereocenters. The van der Waals surface area contributed by atoms with Gasteiger partial charge in [-0.05, 0) is 31.0 Å². The van der Waals surface area contributed by atoms with Crippen LogP contribution >= 0.6 is 11.6 Å². The van der Waals surface area contributed by atoms with Crippen molar-refractivity contribution in [1.82, 2.24) is 15.3 Å². The molecule has 6 nitrogen and oxygen atoms in total. The molecular weight excluding hydrogens is 316 g/mol. The zero-order chi connectivity index (χ0) is 15.8. The summed E-state index contributed by atoms with van der Waals surface area (Å²) in [7, 11) is 0. The summed E-state index contributed by atoms with van der Waals surface area (Å²) >= 11 is 6.11. The number of hydrogen-bond donors (Lipinski definition) is 1. The van der Waals surface area contributed by atoms with Crippen LogP contribution in [-0.4, -0.2) is 47.7 Å². The molecule has 2 aliphatic rings. The minimum atomic E-state index is -0.464. The molecule has 1 aromatic heterocycles. The van der Waals surface area contributed by atoms with Gasteiger partial charge in [-0.15, -0.1) is 0 Å². The lowest BCUT2D eigenvalue weighted by molar-refractivity contribution is -0.133. The minimum absolute atomic E-state index is 0.0337. The number of ether oxygens (including phenoxy) is 1. The Kier molecular flexibility index (Phi) is 3.79. The molecule has 1 N–H and O–H groups in total. The number of fused-ring (bicyclic) bond motifs is 1. The lowest BCUT2D eigenvalue weighted by atomic mass is 10.2. The van der Waals surface area contributed by atoms with Crippen LogP contribution in [0.1, 0.15) is 12.8 Å². The van der Waals surface area contributed by atoms with Crippen LogP contribution in [-0.2, 0) is 9.53 Å². The van der Waals surface area contributed by atoms with Crippen molar-refractivity contribution in [3.63, 3.8) is 0 Å². The third kappa shape index (κ3) is 3.09. The van der Waals surface area contributed by atoms with Crippen LogP contribution in [0.15, 0.2) is 24.5 Å². The zero-order valence-electron chi connectivity index (χ0n) is 12.5. The van der Waals surface area contributed by atoms with E-state index in [2.05, 4.69) is 20.2 Å². The van der Waals surface area contributed by atoms with Gasteiger partial charge in [0.1, 0.15) is 12.1 Å². The van der Waals surface area contributed by atoms with Gasteiger partial charge in [0.25, 0.3) is 5.91 Å². The van der Waals surface area contributed by atoms with Crippen molar-refractivity contribution in [3.05, 3.63) is 29.5 Å². The number of anilines is 1. The van der Waals surface area contributed by atoms with Gasteiger partial charge in [0.2, 0.25) is 0 Å². The van der Waals surface area contributed by atoms with Crippen LogP contribution in [0.5, 0.6) is 0 Å². The van der Waals surface area contributed by atoms with Gasteiger partial charge in [-0.1, -0.05) is 11.6 Å². The van der Waals surface area contributed by atoms with Gasteiger partial charge in [-0.2, -0.15) is 0 Å². The molecule has 0 spiro atoms. The molecule has 1 aliphatic heterocycles. The van der Waals surface area contributed by atoms with E-state index < -0.39 is 6.10 Å². The van der Waals surface area contributed by atoms with Crippen LogP contribution in [0.2, 0.25) is 5.02 Å².